The number of carbonyl (C=O) groups is 2. The SMILES string of the molecule is O=C1NC(=O)c2ccccc21.OCCOCCOCCOCCO. The van der Waals surface area contributed by atoms with Gasteiger partial charge >= 0.3 is 0 Å². The van der Waals surface area contributed by atoms with Crippen molar-refractivity contribution in [3.8, 4) is 0 Å². The minimum absolute atomic E-state index is 0.0413. The van der Waals surface area contributed by atoms with Crippen LogP contribution in [-0.2, 0) is 14.2 Å². The molecule has 1 heterocycles. The molecule has 0 atom stereocenters. The minimum Gasteiger partial charge on any atom is -0.394 e. The van der Waals surface area contributed by atoms with Crippen LogP contribution in [-0.4, -0.2) is 74.9 Å². The average molecular weight is 341 g/mol. The number of benzene rings is 1. The lowest BCUT2D eigenvalue weighted by molar-refractivity contribution is 0.00230. The molecule has 1 aliphatic rings. The predicted octanol–water partition coefficient (Wildman–Crippen LogP) is -0.409. The predicted molar refractivity (Wildman–Crippen MR) is 84.9 cm³/mol. The van der Waals surface area contributed by atoms with Crippen LogP contribution in [0.1, 0.15) is 20.7 Å². The highest BCUT2D eigenvalue weighted by molar-refractivity contribution is 6.21. The molecule has 0 saturated heterocycles. The van der Waals surface area contributed by atoms with Gasteiger partial charge in [-0.2, -0.15) is 0 Å². The van der Waals surface area contributed by atoms with Gasteiger partial charge in [-0.15, -0.1) is 0 Å². The van der Waals surface area contributed by atoms with Crippen LogP contribution >= 0.6 is 0 Å². The Bertz CT molecular complexity index is 464. The zero-order chi connectivity index (χ0) is 17.6. The Kier molecular flexibility index (Phi) is 10.6. The van der Waals surface area contributed by atoms with Gasteiger partial charge in [0.1, 0.15) is 0 Å². The van der Waals surface area contributed by atoms with Gasteiger partial charge in [0.05, 0.1) is 64.0 Å². The topological polar surface area (TPSA) is 114 Å². The highest BCUT2D eigenvalue weighted by Crippen LogP contribution is 2.13. The summed E-state index contributed by atoms with van der Waals surface area (Å²) in [5.74, 6) is -0.601. The van der Waals surface area contributed by atoms with Crippen molar-refractivity contribution >= 4 is 11.8 Å². The molecule has 0 aliphatic carbocycles. The van der Waals surface area contributed by atoms with Gasteiger partial charge in [0.15, 0.2) is 0 Å². The number of carbonyl (C=O) groups excluding carboxylic acids is 2. The number of aliphatic hydroxyl groups excluding tert-OH is 2. The van der Waals surface area contributed by atoms with E-state index in [0.29, 0.717) is 50.8 Å². The van der Waals surface area contributed by atoms with Crippen molar-refractivity contribution in [1.29, 1.82) is 0 Å². The van der Waals surface area contributed by atoms with Crippen molar-refractivity contribution in [3.05, 3.63) is 35.4 Å². The van der Waals surface area contributed by atoms with Gasteiger partial charge in [-0.3, -0.25) is 14.9 Å². The molecule has 0 saturated carbocycles. The molecule has 1 aromatic rings. The largest absolute Gasteiger partial charge is 0.394 e. The molecule has 2 amide bonds. The van der Waals surface area contributed by atoms with Crippen LogP contribution in [0, 0.1) is 0 Å². The molecule has 0 spiro atoms. The molecule has 1 aliphatic heterocycles. The first-order valence-electron chi connectivity index (χ1n) is 7.60. The fourth-order valence-corrected chi connectivity index (χ4v) is 1.79. The maximum absolute atomic E-state index is 10.9. The van der Waals surface area contributed by atoms with Crippen molar-refractivity contribution in [2.75, 3.05) is 52.9 Å². The third kappa shape index (κ3) is 7.62. The second-order valence-corrected chi connectivity index (χ2v) is 4.61. The van der Waals surface area contributed by atoms with E-state index in [1.807, 2.05) is 0 Å². The maximum Gasteiger partial charge on any atom is 0.258 e. The molecule has 0 fully saturated rings. The lowest BCUT2D eigenvalue weighted by Gasteiger charge is -2.04. The Hall–Kier alpha value is -1.84. The molecular formula is C16H23NO7. The highest BCUT2D eigenvalue weighted by Gasteiger charge is 2.25. The summed E-state index contributed by atoms with van der Waals surface area (Å²) in [7, 11) is 0. The van der Waals surface area contributed by atoms with Crippen molar-refractivity contribution in [2.24, 2.45) is 0 Å². The maximum atomic E-state index is 10.9. The fourth-order valence-electron chi connectivity index (χ4n) is 1.79. The Morgan fingerprint density at radius 3 is 1.46 bits per heavy atom. The highest BCUT2D eigenvalue weighted by atomic mass is 16.5. The lowest BCUT2D eigenvalue weighted by Crippen LogP contribution is -2.19. The van der Waals surface area contributed by atoms with Crippen molar-refractivity contribution < 1.29 is 34.0 Å². The first kappa shape index (κ1) is 20.2. The summed E-state index contributed by atoms with van der Waals surface area (Å²) in [5, 5.41) is 18.9. The molecule has 134 valence electrons. The molecule has 0 bridgehead atoms. The number of hydrogen-bond donors (Lipinski definition) is 3. The third-order valence-corrected chi connectivity index (χ3v) is 2.86. The Morgan fingerprint density at radius 1 is 0.708 bits per heavy atom. The van der Waals surface area contributed by atoms with E-state index < -0.39 is 0 Å². The van der Waals surface area contributed by atoms with Crippen LogP contribution in [0.4, 0.5) is 0 Å². The normalized spacial score (nSPS) is 12.4. The van der Waals surface area contributed by atoms with E-state index in [2.05, 4.69) is 5.32 Å². The van der Waals surface area contributed by atoms with Crippen molar-refractivity contribution in [3.63, 3.8) is 0 Å². The summed E-state index contributed by atoms with van der Waals surface area (Å²) in [5.41, 5.74) is 0.940. The first-order chi connectivity index (χ1) is 11.7. The minimum atomic E-state index is -0.300. The smallest absolute Gasteiger partial charge is 0.258 e. The van der Waals surface area contributed by atoms with Crippen molar-refractivity contribution in [1.82, 2.24) is 5.32 Å². The molecule has 0 aromatic heterocycles. The molecular weight excluding hydrogens is 318 g/mol. The number of hydrogen-bond acceptors (Lipinski definition) is 7. The Labute approximate surface area is 140 Å². The average Bonchev–Trinajstić information content (AvgIpc) is 2.89. The van der Waals surface area contributed by atoms with Crippen LogP contribution < -0.4 is 5.32 Å². The molecule has 2 rings (SSSR count). The fraction of sp³-hybridized carbons (Fsp3) is 0.500. The van der Waals surface area contributed by atoms with E-state index in [4.69, 9.17) is 24.4 Å². The molecule has 8 heteroatoms. The molecule has 0 radical (unpaired) electrons. The number of fused-ring (bicyclic) bond motifs is 1. The monoisotopic (exact) mass is 341 g/mol. The molecule has 24 heavy (non-hydrogen) atoms. The summed E-state index contributed by atoms with van der Waals surface area (Å²) in [6, 6.07) is 6.74. The van der Waals surface area contributed by atoms with E-state index in [-0.39, 0.29) is 25.0 Å². The van der Waals surface area contributed by atoms with Crippen LogP contribution in [0.2, 0.25) is 0 Å². The quantitative estimate of drug-likeness (QED) is 0.391. The second kappa shape index (κ2) is 12.6. The first-order valence-corrected chi connectivity index (χ1v) is 7.60. The Balaban J connectivity index is 0.000000242. The Morgan fingerprint density at radius 2 is 1.08 bits per heavy atom. The molecule has 8 nitrogen and oxygen atoms in total. The second-order valence-electron chi connectivity index (χ2n) is 4.61. The standard InChI is InChI=1S/C8H5NO2.C8H18O5/c10-7-5-3-1-2-4-6(5)8(11)9-7;9-1-3-11-5-7-13-8-6-12-4-2-10/h1-4H,(H,9,10,11);9-10H,1-8H2. The van der Waals surface area contributed by atoms with Crippen LogP contribution in [0.25, 0.3) is 0 Å². The van der Waals surface area contributed by atoms with E-state index >= 15 is 0 Å². The molecule has 3 N–H and O–H groups in total. The number of amides is 2. The number of imide groups is 1. The number of ether oxygens (including phenoxy) is 3. The summed E-state index contributed by atoms with van der Waals surface area (Å²) in [6.07, 6.45) is 0. The summed E-state index contributed by atoms with van der Waals surface area (Å²) in [6.45, 7) is 2.76. The van der Waals surface area contributed by atoms with E-state index in [1.54, 1.807) is 24.3 Å². The summed E-state index contributed by atoms with van der Waals surface area (Å²) < 4.78 is 15.0. The van der Waals surface area contributed by atoms with Crippen LogP contribution in [0.5, 0.6) is 0 Å². The van der Waals surface area contributed by atoms with Crippen molar-refractivity contribution in [2.45, 2.75) is 0 Å². The van der Waals surface area contributed by atoms with E-state index in [9.17, 15) is 9.59 Å². The van der Waals surface area contributed by atoms with Gasteiger partial charge in [-0.1, -0.05) is 12.1 Å². The van der Waals surface area contributed by atoms with E-state index in [0.717, 1.165) is 0 Å². The van der Waals surface area contributed by atoms with E-state index in [1.165, 1.54) is 0 Å². The summed E-state index contributed by atoms with van der Waals surface area (Å²) >= 11 is 0. The van der Waals surface area contributed by atoms with Crippen LogP contribution in [0.15, 0.2) is 24.3 Å². The van der Waals surface area contributed by atoms with Gasteiger partial charge in [-0.25, -0.2) is 0 Å². The molecule has 0 unspecified atom stereocenters. The van der Waals surface area contributed by atoms with Gasteiger partial charge in [0.2, 0.25) is 0 Å². The number of aliphatic hydroxyl groups is 2. The number of rotatable bonds is 10. The van der Waals surface area contributed by atoms with Gasteiger partial charge < -0.3 is 24.4 Å². The summed E-state index contributed by atoms with van der Waals surface area (Å²) in [4.78, 5) is 21.9. The zero-order valence-electron chi connectivity index (χ0n) is 13.4. The third-order valence-electron chi connectivity index (χ3n) is 2.86. The van der Waals surface area contributed by atoms with Gasteiger partial charge in [-0.05, 0) is 12.1 Å². The van der Waals surface area contributed by atoms with Gasteiger partial charge in [0.25, 0.3) is 11.8 Å². The lowest BCUT2D eigenvalue weighted by atomic mass is 10.1. The number of nitrogens with one attached hydrogen (secondary N) is 1. The zero-order valence-corrected chi connectivity index (χ0v) is 13.4. The van der Waals surface area contributed by atoms with Gasteiger partial charge in [0, 0.05) is 0 Å². The van der Waals surface area contributed by atoms with Crippen LogP contribution in [0.3, 0.4) is 0 Å². The molecule has 1 aromatic carbocycles.